The maximum Gasteiger partial charge on any atom is 0.305 e. The number of aliphatic hydroxyl groups is 2. The molecule has 0 bridgehead atoms. The number of nitrogens with one attached hydrogen (secondary N) is 1. The summed E-state index contributed by atoms with van der Waals surface area (Å²) in [6, 6.07) is -0.542. The molecule has 0 saturated heterocycles. The molecule has 86 heavy (non-hydrogen) atoms. The molecule has 6 heteroatoms. The van der Waals surface area contributed by atoms with Crippen LogP contribution in [0.5, 0.6) is 0 Å². The maximum atomic E-state index is 12.6. The quantitative estimate of drug-likeness (QED) is 0.0320. The molecule has 0 aliphatic heterocycles. The molecule has 2 unspecified atom stereocenters. The molecule has 0 aliphatic carbocycles. The fraction of sp³-hybridized carbons (Fsp3) is 0.875. The minimum atomic E-state index is -0.665. The number of carbonyl (C=O) groups is 2. The number of amides is 1. The topological polar surface area (TPSA) is 95.9 Å². The average Bonchev–Trinajstić information content (AvgIpc) is 3.54. The zero-order chi connectivity index (χ0) is 62.0. The largest absolute Gasteiger partial charge is 0.466 e. The van der Waals surface area contributed by atoms with Crippen molar-refractivity contribution in [3.05, 3.63) is 48.6 Å². The monoisotopic (exact) mass is 1210 g/mol. The van der Waals surface area contributed by atoms with E-state index in [2.05, 4.69) is 67.8 Å². The molecule has 6 nitrogen and oxygen atoms in total. The molecule has 2 atom stereocenters. The minimum Gasteiger partial charge on any atom is -0.466 e. The second-order valence-electron chi connectivity index (χ2n) is 26.7. The number of hydrogen-bond donors (Lipinski definition) is 3. The Bertz CT molecular complexity index is 1440. The van der Waals surface area contributed by atoms with E-state index in [1.807, 2.05) is 0 Å². The summed E-state index contributed by atoms with van der Waals surface area (Å²) in [4.78, 5) is 24.7. The highest BCUT2D eigenvalue weighted by molar-refractivity contribution is 5.76. The van der Waals surface area contributed by atoms with Crippen LogP contribution >= 0.6 is 0 Å². The first-order valence-electron chi connectivity index (χ1n) is 38.9. The molecular weight excluding hydrogens is 1050 g/mol. The molecule has 506 valence electrons. The second kappa shape index (κ2) is 75.3. The number of hydrogen-bond acceptors (Lipinski definition) is 5. The Morgan fingerprint density at radius 1 is 0.326 bits per heavy atom. The van der Waals surface area contributed by atoms with Crippen LogP contribution in [-0.4, -0.2) is 47.4 Å². The van der Waals surface area contributed by atoms with Crippen LogP contribution in [0.4, 0.5) is 0 Å². The Hall–Kier alpha value is -2.18. The van der Waals surface area contributed by atoms with Gasteiger partial charge in [-0.3, -0.25) is 9.59 Å². The first-order chi connectivity index (χ1) is 42.5. The Labute approximate surface area is 537 Å². The number of esters is 1. The Kier molecular flexibility index (Phi) is 73.4. The van der Waals surface area contributed by atoms with Crippen molar-refractivity contribution in [1.82, 2.24) is 5.32 Å². The maximum absolute atomic E-state index is 12.6. The van der Waals surface area contributed by atoms with E-state index in [0.29, 0.717) is 25.9 Å². The lowest BCUT2D eigenvalue weighted by Crippen LogP contribution is -2.45. The number of carbonyl (C=O) groups excluding carboxylic acids is 2. The number of unbranched alkanes of at least 4 members (excludes halogenated alkanes) is 54. The third-order valence-corrected chi connectivity index (χ3v) is 18.1. The van der Waals surface area contributed by atoms with Gasteiger partial charge in [0.1, 0.15) is 0 Å². The molecule has 0 heterocycles. The van der Waals surface area contributed by atoms with Gasteiger partial charge < -0.3 is 20.3 Å². The first kappa shape index (κ1) is 83.8. The smallest absolute Gasteiger partial charge is 0.305 e. The van der Waals surface area contributed by atoms with Gasteiger partial charge in [-0.25, -0.2) is 0 Å². The summed E-state index contributed by atoms with van der Waals surface area (Å²) in [6.45, 7) is 4.96. The van der Waals surface area contributed by atoms with Crippen molar-refractivity contribution in [2.24, 2.45) is 0 Å². The lowest BCUT2D eigenvalue weighted by molar-refractivity contribution is -0.143. The highest BCUT2D eigenvalue weighted by Crippen LogP contribution is 2.19. The molecule has 0 spiro atoms. The molecule has 0 rings (SSSR count). The van der Waals surface area contributed by atoms with Gasteiger partial charge in [-0.15, -0.1) is 0 Å². The van der Waals surface area contributed by atoms with E-state index in [4.69, 9.17) is 4.74 Å². The molecular formula is C80H151NO5. The SMILES string of the molecule is CCCCC/C=C\C/C=C\CCCCCCCCCCCC(=O)OCCCCCCCCCCC/C=C\C/C=C\CCCCCCCCCCCCCCCCCC(=O)NC(CO)C(O)CCCCCCCCCCCCCCCCCCCCC. The van der Waals surface area contributed by atoms with Crippen molar-refractivity contribution in [3.63, 3.8) is 0 Å². The molecule has 0 radical (unpaired) electrons. The van der Waals surface area contributed by atoms with Gasteiger partial charge in [0.25, 0.3) is 0 Å². The molecule has 0 saturated carbocycles. The van der Waals surface area contributed by atoms with Crippen molar-refractivity contribution in [2.75, 3.05) is 13.2 Å². The van der Waals surface area contributed by atoms with E-state index in [1.54, 1.807) is 0 Å². The zero-order valence-corrected chi connectivity index (χ0v) is 58.1. The molecule has 0 aromatic carbocycles. The van der Waals surface area contributed by atoms with Crippen LogP contribution in [-0.2, 0) is 14.3 Å². The number of aliphatic hydroxyl groups excluding tert-OH is 2. The van der Waals surface area contributed by atoms with Crippen LogP contribution in [0.1, 0.15) is 425 Å². The Balaban J connectivity index is 3.39. The molecule has 0 aromatic heterocycles. The van der Waals surface area contributed by atoms with Crippen LogP contribution in [0.15, 0.2) is 48.6 Å². The van der Waals surface area contributed by atoms with Gasteiger partial charge in [0.15, 0.2) is 0 Å². The fourth-order valence-electron chi connectivity index (χ4n) is 12.2. The van der Waals surface area contributed by atoms with Gasteiger partial charge in [0.05, 0.1) is 25.4 Å². The highest BCUT2D eigenvalue weighted by atomic mass is 16.5. The number of ether oxygens (including phenoxy) is 1. The van der Waals surface area contributed by atoms with Crippen LogP contribution in [0.25, 0.3) is 0 Å². The van der Waals surface area contributed by atoms with Crippen molar-refractivity contribution in [3.8, 4) is 0 Å². The summed E-state index contributed by atoms with van der Waals surface area (Å²) in [7, 11) is 0. The fourth-order valence-corrected chi connectivity index (χ4v) is 12.2. The van der Waals surface area contributed by atoms with Crippen LogP contribution in [0.2, 0.25) is 0 Å². The third kappa shape index (κ3) is 70.9. The predicted octanol–water partition coefficient (Wildman–Crippen LogP) is 25.6. The van der Waals surface area contributed by atoms with Crippen molar-refractivity contribution in [1.29, 1.82) is 0 Å². The first-order valence-corrected chi connectivity index (χ1v) is 38.9. The van der Waals surface area contributed by atoms with Crippen molar-refractivity contribution < 1.29 is 24.5 Å². The number of rotatable bonds is 73. The lowest BCUT2D eigenvalue weighted by atomic mass is 10.0. The van der Waals surface area contributed by atoms with E-state index < -0.39 is 12.1 Å². The summed E-state index contributed by atoms with van der Waals surface area (Å²) in [6.07, 6.45) is 99.0. The summed E-state index contributed by atoms with van der Waals surface area (Å²) < 4.78 is 5.51. The molecule has 3 N–H and O–H groups in total. The Morgan fingerprint density at radius 2 is 0.581 bits per heavy atom. The lowest BCUT2D eigenvalue weighted by Gasteiger charge is -2.22. The van der Waals surface area contributed by atoms with Crippen molar-refractivity contribution >= 4 is 11.9 Å². The standard InChI is InChI=1S/C80H151NO5/c1-3-5-7-9-11-13-15-17-19-21-36-40-44-48-52-56-60-64-68-72-78(83)77(76-82)81-79(84)73-69-65-61-57-53-49-45-41-38-34-32-30-28-26-24-23-25-27-29-31-33-35-39-43-47-51-55-59-63-67-71-75-86-80(85)74-70-66-62-58-54-50-46-42-37-22-20-18-16-14-12-10-8-6-4-2/h12,14,18,20,25,27,31,33,77-78,82-83H,3-11,13,15-17,19,21-24,26,28-30,32,34-76H2,1-2H3,(H,81,84)/b14-12-,20-18-,27-25-,33-31-. The summed E-state index contributed by atoms with van der Waals surface area (Å²) in [5.41, 5.74) is 0. The van der Waals surface area contributed by atoms with Gasteiger partial charge in [-0.05, 0) is 89.9 Å². The van der Waals surface area contributed by atoms with Crippen LogP contribution < -0.4 is 5.32 Å². The van der Waals surface area contributed by atoms with E-state index in [1.165, 1.54) is 334 Å². The van der Waals surface area contributed by atoms with E-state index in [9.17, 15) is 19.8 Å². The van der Waals surface area contributed by atoms with Gasteiger partial charge in [0, 0.05) is 12.8 Å². The molecule has 0 aromatic rings. The van der Waals surface area contributed by atoms with Crippen LogP contribution in [0, 0.1) is 0 Å². The molecule has 1 amide bonds. The van der Waals surface area contributed by atoms with Crippen LogP contribution in [0.3, 0.4) is 0 Å². The molecule has 0 aliphatic rings. The predicted molar refractivity (Wildman–Crippen MR) is 379 cm³/mol. The second-order valence-corrected chi connectivity index (χ2v) is 26.7. The van der Waals surface area contributed by atoms with Gasteiger partial charge in [-0.2, -0.15) is 0 Å². The molecule has 0 fully saturated rings. The van der Waals surface area contributed by atoms with Gasteiger partial charge >= 0.3 is 5.97 Å². The van der Waals surface area contributed by atoms with E-state index in [0.717, 1.165) is 57.8 Å². The zero-order valence-electron chi connectivity index (χ0n) is 58.1. The Morgan fingerprint density at radius 3 is 0.907 bits per heavy atom. The minimum absolute atomic E-state index is 0.00990. The van der Waals surface area contributed by atoms with Gasteiger partial charge in [-0.1, -0.05) is 371 Å². The van der Waals surface area contributed by atoms with E-state index in [-0.39, 0.29) is 18.5 Å². The third-order valence-electron chi connectivity index (χ3n) is 18.1. The summed E-state index contributed by atoms with van der Waals surface area (Å²) >= 11 is 0. The highest BCUT2D eigenvalue weighted by Gasteiger charge is 2.20. The van der Waals surface area contributed by atoms with Gasteiger partial charge in [0.2, 0.25) is 5.91 Å². The normalized spacial score (nSPS) is 12.7. The summed E-state index contributed by atoms with van der Waals surface area (Å²) in [5.74, 6) is -0.0206. The van der Waals surface area contributed by atoms with E-state index >= 15 is 0 Å². The average molecular weight is 1210 g/mol. The van der Waals surface area contributed by atoms with Crippen molar-refractivity contribution in [2.45, 2.75) is 437 Å². The number of allylic oxidation sites excluding steroid dienone is 8. The summed E-state index contributed by atoms with van der Waals surface area (Å²) in [5, 5.41) is 23.4.